The highest BCUT2D eigenvalue weighted by Gasteiger charge is 2.54. The number of amides is 2. The molecule has 2 amide bonds. The van der Waals surface area contributed by atoms with Crippen molar-refractivity contribution in [1.82, 2.24) is 5.32 Å². The second-order valence-electron chi connectivity index (χ2n) is 8.90. The van der Waals surface area contributed by atoms with Gasteiger partial charge in [-0.25, -0.2) is 0 Å². The predicted octanol–water partition coefficient (Wildman–Crippen LogP) is 3.78. The molecule has 3 aromatic rings. The summed E-state index contributed by atoms with van der Waals surface area (Å²) in [4.78, 5) is 39.0. The number of nitrogens with zero attached hydrogens (tertiary/aromatic N) is 2. The maximum Gasteiger partial charge on any atom is 0.269 e. The van der Waals surface area contributed by atoms with Gasteiger partial charge in [-0.15, -0.1) is 0 Å². The molecule has 0 aromatic heterocycles. The Labute approximate surface area is 202 Å². The summed E-state index contributed by atoms with van der Waals surface area (Å²) in [5, 5.41) is 14.0. The zero-order chi connectivity index (χ0) is 24.4. The van der Waals surface area contributed by atoms with Crippen LogP contribution >= 0.6 is 0 Å². The van der Waals surface area contributed by atoms with Crippen molar-refractivity contribution in [2.24, 2.45) is 0 Å². The smallest absolute Gasteiger partial charge is 0.269 e. The lowest BCUT2D eigenvalue weighted by Crippen LogP contribution is -2.53. The number of benzene rings is 3. The summed E-state index contributed by atoms with van der Waals surface area (Å²) in [5.41, 5.74) is 1.74. The van der Waals surface area contributed by atoms with Gasteiger partial charge in [-0.05, 0) is 42.5 Å². The molecule has 0 radical (unpaired) electrons. The van der Waals surface area contributed by atoms with Crippen LogP contribution in [0.25, 0.3) is 0 Å². The zero-order valence-corrected chi connectivity index (χ0v) is 19.1. The van der Waals surface area contributed by atoms with Crippen LogP contribution < -0.4 is 15.0 Å². The van der Waals surface area contributed by atoms with Crippen LogP contribution in [0.2, 0.25) is 0 Å². The summed E-state index contributed by atoms with van der Waals surface area (Å²) >= 11 is 0. The third-order valence-electron chi connectivity index (χ3n) is 6.66. The topological polar surface area (TPSA) is 102 Å². The van der Waals surface area contributed by atoms with Crippen LogP contribution in [0.3, 0.4) is 0 Å². The van der Waals surface area contributed by atoms with Crippen LogP contribution in [0.15, 0.2) is 78.9 Å². The zero-order valence-electron chi connectivity index (χ0n) is 19.1. The first-order valence-corrected chi connectivity index (χ1v) is 11.6. The van der Waals surface area contributed by atoms with E-state index in [9.17, 15) is 19.7 Å². The van der Waals surface area contributed by atoms with Gasteiger partial charge in [0.1, 0.15) is 5.75 Å². The van der Waals surface area contributed by atoms with Gasteiger partial charge in [-0.3, -0.25) is 19.7 Å². The summed E-state index contributed by atoms with van der Waals surface area (Å²) in [6, 6.07) is 23.2. The van der Waals surface area contributed by atoms with E-state index < -0.39 is 16.4 Å². The van der Waals surface area contributed by atoms with Crippen LogP contribution in [-0.4, -0.2) is 35.9 Å². The normalized spacial score (nSPS) is 17.6. The Balaban J connectivity index is 1.33. The molecule has 2 aliphatic rings. The summed E-state index contributed by atoms with van der Waals surface area (Å²) in [5.74, 6) is 0.0902. The molecular formula is C27H25N3O5. The van der Waals surface area contributed by atoms with E-state index in [0.29, 0.717) is 37.2 Å². The van der Waals surface area contributed by atoms with E-state index >= 15 is 0 Å². The van der Waals surface area contributed by atoms with Gasteiger partial charge in [-0.1, -0.05) is 54.6 Å². The van der Waals surface area contributed by atoms with Crippen molar-refractivity contribution in [3.63, 3.8) is 0 Å². The highest BCUT2D eigenvalue weighted by molar-refractivity contribution is 6.05. The van der Waals surface area contributed by atoms with E-state index in [-0.39, 0.29) is 24.0 Å². The molecule has 0 spiro atoms. The van der Waals surface area contributed by atoms with E-state index in [1.54, 1.807) is 29.2 Å². The van der Waals surface area contributed by atoms with Gasteiger partial charge < -0.3 is 15.0 Å². The number of nitro groups is 1. The molecule has 0 bridgehead atoms. The molecule has 1 N–H and O–H groups in total. The SMILES string of the molecule is O=C(NCCc1ccccc1)[C@H]1CN(C(=O)C2(c3ccc([N+](=O)[O-])cc3)CC2)c2ccccc2O1. The van der Waals surface area contributed by atoms with Crippen molar-refractivity contribution < 1.29 is 19.2 Å². The lowest BCUT2D eigenvalue weighted by molar-refractivity contribution is -0.384. The van der Waals surface area contributed by atoms with Crippen LogP contribution in [0.5, 0.6) is 5.75 Å². The van der Waals surface area contributed by atoms with Gasteiger partial charge in [0.15, 0.2) is 6.10 Å². The number of rotatable bonds is 7. The van der Waals surface area contributed by atoms with Crippen molar-refractivity contribution in [1.29, 1.82) is 0 Å². The Hall–Kier alpha value is -4.20. The number of para-hydroxylation sites is 2. The molecular weight excluding hydrogens is 446 g/mol. The largest absolute Gasteiger partial charge is 0.477 e. The first-order chi connectivity index (χ1) is 17.0. The van der Waals surface area contributed by atoms with Crippen molar-refractivity contribution >= 4 is 23.2 Å². The van der Waals surface area contributed by atoms with Gasteiger partial charge >= 0.3 is 0 Å². The molecule has 8 nitrogen and oxygen atoms in total. The molecule has 1 saturated carbocycles. The minimum absolute atomic E-state index is 0.0130. The van der Waals surface area contributed by atoms with Gasteiger partial charge in [0, 0.05) is 18.7 Å². The quantitative estimate of drug-likeness (QED) is 0.417. The number of non-ortho nitro benzene ring substituents is 1. The lowest BCUT2D eigenvalue weighted by Gasteiger charge is -2.36. The van der Waals surface area contributed by atoms with E-state index in [1.165, 1.54) is 12.1 Å². The summed E-state index contributed by atoms with van der Waals surface area (Å²) < 4.78 is 5.98. The maximum atomic E-state index is 13.8. The first kappa shape index (κ1) is 22.6. The first-order valence-electron chi connectivity index (χ1n) is 11.6. The molecule has 1 heterocycles. The van der Waals surface area contributed by atoms with Crippen LogP contribution in [0.4, 0.5) is 11.4 Å². The maximum absolute atomic E-state index is 13.8. The van der Waals surface area contributed by atoms with Gasteiger partial charge in [0.05, 0.1) is 22.6 Å². The van der Waals surface area contributed by atoms with Crippen molar-refractivity contribution in [2.45, 2.75) is 30.8 Å². The fourth-order valence-electron chi connectivity index (χ4n) is 4.56. The number of fused-ring (bicyclic) bond motifs is 1. The van der Waals surface area contributed by atoms with E-state index in [1.807, 2.05) is 42.5 Å². The van der Waals surface area contributed by atoms with Gasteiger partial charge in [-0.2, -0.15) is 0 Å². The molecule has 1 aliphatic heterocycles. The average molecular weight is 472 g/mol. The third-order valence-corrected chi connectivity index (χ3v) is 6.66. The Bertz CT molecular complexity index is 1260. The number of anilines is 1. The Morgan fingerprint density at radius 3 is 2.37 bits per heavy atom. The number of nitrogens with one attached hydrogen (secondary N) is 1. The number of nitro benzene ring substituents is 1. The summed E-state index contributed by atoms with van der Waals surface area (Å²) in [6.07, 6.45) is 1.16. The molecule has 1 aliphatic carbocycles. The number of ether oxygens (including phenoxy) is 1. The van der Waals surface area contributed by atoms with Crippen LogP contribution in [0.1, 0.15) is 24.0 Å². The fraction of sp³-hybridized carbons (Fsp3) is 0.259. The number of hydrogen-bond donors (Lipinski definition) is 1. The standard InChI is InChI=1S/C27H25N3O5/c31-25(28-17-14-19-6-2-1-3-7-19)24-18-29(22-8-4-5-9-23(22)35-24)26(32)27(15-16-27)20-10-12-21(13-11-20)30(33)34/h1-13,24H,14-18H2,(H,28,31)/t24-/m1/s1. The number of carbonyl (C=O) groups is 2. The molecule has 5 rings (SSSR count). The predicted molar refractivity (Wildman–Crippen MR) is 130 cm³/mol. The van der Waals surface area contributed by atoms with Crippen molar-refractivity contribution in [3.05, 3.63) is 100 Å². The van der Waals surface area contributed by atoms with Crippen LogP contribution in [0, 0.1) is 10.1 Å². The Morgan fingerprint density at radius 1 is 1.00 bits per heavy atom. The van der Waals surface area contributed by atoms with E-state index in [4.69, 9.17) is 4.74 Å². The average Bonchev–Trinajstić information content (AvgIpc) is 3.70. The van der Waals surface area contributed by atoms with Crippen molar-refractivity contribution in [3.8, 4) is 5.75 Å². The minimum atomic E-state index is -0.836. The highest BCUT2D eigenvalue weighted by Crippen LogP contribution is 2.51. The number of hydrogen-bond acceptors (Lipinski definition) is 5. The molecule has 35 heavy (non-hydrogen) atoms. The summed E-state index contributed by atoms with van der Waals surface area (Å²) in [6.45, 7) is 0.562. The molecule has 0 saturated heterocycles. The summed E-state index contributed by atoms with van der Waals surface area (Å²) in [7, 11) is 0. The lowest BCUT2D eigenvalue weighted by atomic mass is 9.93. The Morgan fingerprint density at radius 2 is 1.69 bits per heavy atom. The van der Waals surface area contributed by atoms with E-state index in [0.717, 1.165) is 11.1 Å². The molecule has 178 valence electrons. The Kier molecular flexibility index (Phi) is 5.94. The minimum Gasteiger partial charge on any atom is -0.477 e. The van der Waals surface area contributed by atoms with Gasteiger partial charge in [0.2, 0.25) is 5.91 Å². The van der Waals surface area contributed by atoms with Crippen molar-refractivity contribution in [2.75, 3.05) is 18.0 Å². The fourth-order valence-corrected chi connectivity index (χ4v) is 4.56. The third kappa shape index (κ3) is 4.47. The van der Waals surface area contributed by atoms with Crippen LogP contribution in [-0.2, 0) is 21.4 Å². The molecule has 1 fully saturated rings. The monoisotopic (exact) mass is 471 g/mol. The van der Waals surface area contributed by atoms with Gasteiger partial charge in [0.25, 0.3) is 11.6 Å². The highest BCUT2D eigenvalue weighted by atomic mass is 16.6. The van der Waals surface area contributed by atoms with E-state index in [2.05, 4.69) is 5.32 Å². The molecule has 0 unspecified atom stereocenters. The second-order valence-corrected chi connectivity index (χ2v) is 8.90. The second kappa shape index (κ2) is 9.21. The number of carbonyl (C=O) groups excluding carboxylic acids is 2. The molecule has 8 heteroatoms. The molecule has 3 aromatic carbocycles. The molecule has 1 atom stereocenters.